The molecule has 1 saturated heterocycles. The van der Waals surface area contributed by atoms with E-state index in [-0.39, 0.29) is 14.9 Å². The summed E-state index contributed by atoms with van der Waals surface area (Å²) in [5, 5.41) is 19.6. The van der Waals surface area contributed by atoms with E-state index in [0.29, 0.717) is 5.56 Å². The first-order valence-electron chi connectivity index (χ1n) is 6.05. The third-order valence-corrected chi connectivity index (χ3v) is 4.30. The number of thioether (sulfide) groups is 1. The van der Waals surface area contributed by atoms with Crippen molar-refractivity contribution in [3.63, 3.8) is 0 Å². The lowest BCUT2D eigenvalue weighted by atomic mass is 10.2. The molecule has 0 aromatic heterocycles. The lowest BCUT2D eigenvalue weighted by Crippen LogP contribution is -2.41. The number of hydrogen-bond donors (Lipinski definition) is 1. The summed E-state index contributed by atoms with van der Waals surface area (Å²) in [5.74, 6) is -1.63. The van der Waals surface area contributed by atoms with Crippen LogP contribution in [-0.2, 0) is 9.59 Å². The predicted molar refractivity (Wildman–Crippen MR) is 85.2 cm³/mol. The average Bonchev–Trinajstić information content (AvgIpc) is 2.73. The number of aliphatic carboxylic acids is 1. The number of non-ortho nitro benzene ring substituents is 1. The molecule has 1 unspecified atom stereocenters. The third kappa shape index (κ3) is 3.15. The van der Waals surface area contributed by atoms with Crippen LogP contribution in [0.1, 0.15) is 12.5 Å². The van der Waals surface area contributed by atoms with E-state index >= 15 is 0 Å². The SMILES string of the molecule is CC(C(=O)O)N1C(=O)C(=Cc2ccc([N+](=O)[O-])cc2)SC1=S. The Labute approximate surface area is 134 Å². The summed E-state index contributed by atoms with van der Waals surface area (Å²) < 4.78 is 0.174. The van der Waals surface area contributed by atoms with Crippen molar-refractivity contribution >= 4 is 51.9 Å². The molecule has 1 N–H and O–H groups in total. The van der Waals surface area contributed by atoms with E-state index in [1.807, 2.05) is 0 Å². The van der Waals surface area contributed by atoms with Crippen LogP contribution in [0.3, 0.4) is 0 Å². The standard InChI is InChI=1S/C13H10N2O5S2/c1-7(12(17)18)14-11(16)10(22-13(14)21)6-8-2-4-9(5-3-8)15(19)20/h2-7H,1H3,(H,17,18). The molecule has 0 saturated carbocycles. The summed E-state index contributed by atoms with van der Waals surface area (Å²) in [4.78, 5) is 34.6. The van der Waals surface area contributed by atoms with Crippen LogP contribution in [0, 0.1) is 10.1 Å². The van der Waals surface area contributed by atoms with Crippen LogP contribution in [0.5, 0.6) is 0 Å². The highest BCUT2D eigenvalue weighted by Gasteiger charge is 2.38. The van der Waals surface area contributed by atoms with Crippen molar-refractivity contribution in [1.82, 2.24) is 4.90 Å². The molecule has 1 heterocycles. The Morgan fingerprint density at radius 1 is 1.45 bits per heavy atom. The largest absolute Gasteiger partial charge is 0.480 e. The quantitative estimate of drug-likeness (QED) is 0.389. The second-order valence-corrected chi connectivity index (χ2v) is 6.09. The minimum absolute atomic E-state index is 0.0517. The molecule has 22 heavy (non-hydrogen) atoms. The van der Waals surface area contributed by atoms with Crippen molar-refractivity contribution in [2.75, 3.05) is 0 Å². The molecule has 0 aliphatic carbocycles. The number of carbonyl (C=O) groups excluding carboxylic acids is 1. The minimum atomic E-state index is -1.15. The molecule has 9 heteroatoms. The summed E-state index contributed by atoms with van der Waals surface area (Å²) in [5.41, 5.74) is 0.540. The van der Waals surface area contributed by atoms with Crippen LogP contribution in [0.15, 0.2) is 29.2 Å². The Balaban J connectivity index is 2.26. The summed E-state index contributed by atoms with van der Waals surface area (Å²) in [6.45, 7) is 1.38. The van der Waals surface area contributed by atoms with Gasteiger partial charge in [0, 0.05) is 12.1 Å². The Morgan fingerprint density at radius 2 is 2.05 bits per heavy atom. The van der Waals surface area contributed by atoms with Crippen molar-refractivity contribution in [3.8, 4) is 0 Å². The van der Waals surface area contributed by atoms with Crippen LogP contribution in [-0.4, -0.2) is 37.2 Å². The van der Waals surface area contributed by atoms with Crippen molar-refractivity contribution in [3.05, 3.63) is 44.8 Å². The fourth-order valence-electron chi connectivity index (χ4n) is 1.77. The van der Waals surface area contributed by atoms with Crippen LogP contribution in [0.2, 0.25) is 0 Å². The fourth-order valence-corrected chi connectivity index (χ4v) is 3.19. The summed E-state index contributed by atoms with van der Waals surface area (Å²) in [6, 6.07) is 4.62. The maximum absolute atomic E-state index is 12.2. The van der Waals surface area contributed by atoms with Gasteiger partial charge < -0.3 is 5.11 Å². The Kier molecular flexibility index (Phi) is 4.57. The van der Waals surface area contributed by atoms with Gasteiger partial charge in [-0.25, -0.2) is 4.79 Å². The Morgan fingerprint density at radius 3 is 2.55 bits per heavy atom. The van der Waals surface area contributed by atoms with E-state index in [4.69, 9.17) is 17.3 Å². The first-order chi connectivity index (χ1) is 10.3. The Bertz CT molecular complexity index is 699. The second-order valence-electron chi connectivity index (χ2n) is 4.41. The molecule has 1 amide bonds. The molecule has 114 valence electrons. The van der Waals surface area contributed by atoms with Gasteiger partial charge in [0.1, 0.15) is 10.4 Å². The van der Waals surface area contributed by atoms with E-state index in [2.05, 4.69) is 0 Å². The minimum Gasteiger partial charge on any atom is -0.480 e. The number of nitrogens with zero attached hydrogens (tertiary/aromatic N) is 2. The van der Waals surface area contributed by atoms with Gasteiger partial charge in [0.25, 0.3) is 11.6 Å². The predicted octanol–water partition coefficient (Wildman–Crippen LogP) is 2.27. The number of nitro benzene ring substituents is 1. The number of carbonyl (C=O) groups is 2. The summed E-state index contributed by atoms with van der Waals surface area (Å²) >= 11 is 6.04. The number of benzene rings is 1. The van der Waals surface area contributed by atoms with Gasteiger partial charge in [-0.15, -0.1) is 0 Å². The van der Waals surface area contributed by atoms with Crippen molar-refractivity contribution < 1.29 is 19.6 Å². The first-order valence-corrected chi connectivity index (χ1v) is 7.28. The molecule has 1 atom stereocenters. The Hall–Kier alpha value is -2.26. The monoisotopic (exact) mass is 338 g/mol. The topological polar surface area (TPSA) is 101 Å². The normalized spacial score (nSPS) is 17.9. The number of rotatable bonds is 4. The zero-order valence-corrected chi connectivity index (χ0v) is 12.9. The average molecular weight is 338 g/mol. The number of amides is 1. The van der Waals surface area contributed by atoms with Crippen LogP contribution in [0.4, 0.5) is 5.69 Å². The van der Waals surface area contributed by atoms with Gasteiger partial charge >= 0.3 is 5.97 Å². The van der Waals surface area contributed by atoms with Gasteiger partial charge in [-0.3, -0.25) is 19.8 Å². The first kappa shape index (κ1) is 16.1. The van der Waals surface area contributed by atoms with E-state index in [0.717, 1.165) is 16.7 Å². The van der Waals surface area contributed by atoms with Crippen molar-refractivity contribution in [1.29, 1.82) is 0 Å². The molecular weight excluding hydrogens is 328 g/mol. The van der Waals surface area contributed by atoms with Crippen molar-refractivity contribution in [2.45, 2.75) is 13.0 Å². The maximum atomic E-state index is 12.2. The van der Waals surface area contributed by atoms with E-state index in [1.165, 1.54) is 37.3 Å². The number of carboxylic acids is 1. The van der Waals surface area contributed by atoms with Gasteiger partial charge in [-0.1, -0.05) is 24.0 Å². The molecule has 1 aromatic rings. The molecule has 1 aliphatic rings. The zero-order valence-electron chi connectivity index (χ0n) is 11.3. The van der Waals surface area contributed by atoms with Crippen LogP contribution in [0.25, 0.3) is 6.08 Å². The molecule has 0 radical (unpaired) electrons. The molecule has 2 rings (SSSR count). The van der Waals surface area contributed by atoms with E-state index in [9.17, 15) is 19.7 Å². The van der Waals surface area contributed by atoms with Crippen LogP contribution < -0.4 is 0 Å². The molecule has 7 nitrogen and oxygen atoms in total. The number of hydrogen-bond acceptors (Lipinski definition) is 6. The van der Waals surface area contributed by atoms with Crippen LogP contribution >= 0.6 is 24.0 Å². The lowest BCUT2D eigenvalue weighted by molar-refractivity contribution is -0.384. The number of nitro groups is 1. The van der Waals surface area contributed by atoms with E-state index in [1.54, 1.807) is 0 Å². The van der Waals surface area contributed by atoms with Gasteiger partial charge in [0.05, 0.1) is 9.83 Å². The summed E-state index contributed by atoms with van der Waals surface area (Å²) in [6.07, 6.45) is 1.53. The molecule has 1 aliphatic heterocycles. The highest BCUT2D eigenvalue weighted by molar-refractivity contribution is 8.26. The summed E-state index contributed by atoms with van der Waals surface area (Å²) in [7, 11) is 0. The van der Waals surface area contributed by atoms with Gasteiger partial charge in [-0.05, 0) is 30.7 Å². The number of thiocarbonyl (C=S) groups is 1. The molecule has 0 spiro atoms. The third-order valence-electron chi connectivity index (χ3n) is 2.97. The second kappa shape index (κ2) is 6.24. The lowest BCUT2D eigenvalue weighted by Gasteiger charge is -2.18. The molecular formula is C13H10N2O5S2. The molecule has 1 aromatic carbocycles. The fraction of sp³-hybridized carbons (Fsp3) is 0.154. The highest BCUT2D eigenvalue weighted by Crippen LogP contribution is 2.34. The van der Waals surface area contributed by atoms with Gasteiger partial charge in [0.2, 0.25) is 0 Å². The molecule has 0 bridgehead atoms. The van der Waals surface area contributed by atoms with Gasteiger partial charge in [0.15, 0.2) is 0 Å². The highest BCUT2D eigenvalue weighted by atomic mass is 32.2. The number of carboxylic acid groups (broad SMARTS) is 1. The smallest absolute Gasteiger partial charge is 0.326 e. The zero-order chi connectivity index (χ0) is 16.4. The van der Waals surface area contributed by atoms with Crippen molar-refractivity contribution in [2.24, 2.45) is 0 Å². The van der Waals surface area contributed by atoms with E-state index < -0.39 is 22.8 Å². The maximum Gasteiger partial charge on any atom is 0.326 e. The van der Waals surface area contributed by atoms with Gasteiger partial charge in [-0.2, -0.15) is 0 Å². The molecule has 1 fully saturated rings.